The molecule has 2 heterocycles. The number of hydrogen-bond donors (Lipinski definition) is 1. The minimum atomic E-state index is -0.190. The van der Waals surface area contributed by atoms with E-state index in [4.69, 9.17) is 0 Å². The zero-order valence-corrected chi connectivity index (χ0v) is 12.9. The third kappa shape index (κ3) is 2.46. The summed E-state index contributed by atoms with van der Waals surface area (Å²) < 4.78 is 1.89. The Kier molecular flexibility index (Phi) is 3.29. The maximum atomic E-state index is 12.5. The summed E-state index contributed by atoms with van der Waals surface area (Å²) in [5, 5.41) is 7.38. The average molecular weight is 307 g/mol. The maximum absolute atomic E-state index is 12.5. The SMILES string of the molecule is Cn1ncc2c1CCC[C@H]2NC(=O)c1cnc2ccccc2n1. The van der Waals surface area contributed by atoms with Crippen LogP contribution in [0.2, 0.25) is 0 Å². The smallest absolute Gasteiger partial charge is 0.271 e. The molecule has 23 heavy (non-hydrogen) atoms. The summed E-state index contributed by atoms with van der Waals surface area (Å²) in [7, 11) is 1.94. The van der Waals surface area contributed by atoms with Crippen LogP contribution >= 0.6 is 0 Å². The summed E-state index contributed by atoms with van der Waals surface area (Å²) >= 11 is 0. The van der Waals surface area contributed by atoms with E-state index in [1.807, 2.05) is 42.2 Å². The predicted octanol–water partition coefficient (Wildman–Crippen LogP) is 2.17. The van der Waals surface area contributed by atoms with Gasteiger partial charge in [-0.05, 0) is 31.4 Å². The van der Waals surface area contributed by atoms with Crippen molar-refractivity contribution in [1.82, 2.24) is 25.1 Å². The van der Waals surface area contributed by atoms with Crippen molar-refractivity contribution in [3.05, 3.63) is 53.6 Å². The van der Waals surface area contributed by atoms with Crippen molar-refractivity contribution in [2.75, 3.05) is 0 Å². The third-order valence-corrected chi connectivity index (χ3v) is 4.36. The minimum Gasteiger partial charge on any atom is -0.344 e. The first-order valence-corrected chi connectivity index (χ1v) is 7.76. The number of carbonyl (C=O) groups is 1. The number of benzene rings is 1. The van der Waals surface area contributed by atoms with Crippen LogP contribution in [0.1, 0.15) is 40.6 Å². The maximum Gasteiger partial charge on any atom is 0.271 e. The average Bonchev–Trinajstić information content (AvgIpc) is 2.97. The van der Waals surface area contributed by atoms with Crippen LogP contribution in [0.25, 0.3) is 11.0 Å². The number of amides is 1. The lowest BCUT2D eigenvalue weighted by atomic mass is 9.93. The van der Waals surface area contributed by atoms with E-state index in [0.29, 0.717) is 5.69 Å². The monoisotopic (exact) mass is 307 g/mol. The Bertz CT molecular complexity index is 886. The summed E-state index contributed by atoms with van der Waals surface area (Å²) in [5.74, 6) is -0.190. The molecule has 2 aromatic heterocycles. The van der Waals surface area contributed by atoms with E-state index >= 15 is 0 Å². The van der Waals surface area contributed by atoms with E-state index in [9.17, 15) is 4.79 Å². The summed E-state index contributed by atoms with van der Waals surface area (Å²) in [6.45, 7) is 0. The molecule has 0 saturated heterocycles. The van der Waals surface area contributed by atoms with Gasteiger partial charge in [0.1, 0.15) is 5.69 Å². The van der Waals surface area contributed by atoms with Crippen molar-refractivity contribution in [2.24, 2.45) is 7.05 Å². The van der Waals surface area contributed by atoms with Crippen LogP contribution in [0.3, 0.4) is 0 Å². The van der Waals surface area contributed by atoms with E-state index in [1.54, 1.807) is 0 Å². The number of nitrogens with zero attached hydrogens (tertiary/aromatic N) is 4. The number of nitrogens with one attached hydrogen (secondary N) is 1. The van der Waals surface area contributed by atoms with Crippen molar-refractivity contribution in [2.45, 2.75) is 25.3 Å². The Morgan fingerprint density at radius 3 is 2.96 bits per heavy atom. The molecule has 0 radical (unpaired) electrons. The highest BCUT2D eigenvalue weighted by atomic mass is 16.1. The molecule has 1 amide bonds. The Balaban J connectivity index is 1.60. The quantitative estimate of drug-likeness (QED) is 0.787. The summed E-state index contributed by atoms with van der Waals surface area (Å²) in [5.41, 5.74) is 4.17. The van der Waals surface area contributed by atoms with Crippen LogP contribution in [0.4, 0.5) is 0 Å². The van der Waals surface area contributed by atoms with Crippen LogP contribution in [-0.4, -0.2) is 25.7 Å². The van der Waals surface area contributed by atoms with Crippen LogP contribution < -0.4 is 5.32 Å². The lowest BCUT2D eigenvalue weighted by Gasteiger charge is -2.23. The van der Waals surface area contributed by atoms with Gasteiger partial charge >= 0.3 is 0 Å². The zero-order valence-electron chi connectivity index (χ0n) is 12.9. The van der Waals surface area contributed by atoms with Crippen molar-refractivity contribution >= 4 is 16.9 Å². The number of hydrogen-bond acceptors (Lipinski definition) is 4. The molecule has 1 atom stereocenters. The Morgan fingerprint density at radius 2 is 2.09 bits per heavy atom. The molecule has 3 aromatic rings. The van der Waals surface area contributed by atoms with Gasteiger partial charge < -0.3 is 5.32 Å². The number of aromatic nitrogens is 4. The normalized spacial score (nSPS) is 17.0. The largest absolute Gasteiger partial charge is 0.344 e. The number of rotatable bonds is 2. The lowest BCUT2D eigenvalue weighted by Crippen LogP contribution is -2.31. The fourth-order valence-corrected chi connectivity index (χ4v) is 3.15. The lowest BCUT2D eigenvalue weighted by molar-refractivity contribution is 0.0927. The van der Waals surface area contributed by atoms with Crippen molar-refractivity contribution in [3.63, 3.8) is 0 Å². The first-order chi connectivity index (χ1) is 11.2. The number of aryl methyl sites for hydroxylation is 1. The standard InChI is InChI=1S/C17H17N5O/c1-22-16-8-4-7-12(11(16)9-19-22)21-17(23)15-10-18-13-5-2-3-6-14(13)20-15/h2-3,5-6,9-10,12H,4,7-8H2,1H3,(H,21,23)/t12-/m1/s1. The molecule has 0 aliphatic heterocycles. The second kappa shape index (κ2) is 5.46. The van der Waals surface area contributed by atoms with Gasteiger partial charge in [0.25, 0.3) is 5.91 Å². The molecule has 1 aliphatic carbocycles. The molecular formula is C17H17N5O. The van der Waals surface area contributed by atoms with E-state index in [-0.39, 0.29) is 11.9 Å². The molecule has 6 heteroatoms. The van der Waals surface area contributed by atoms with E-state index < -0.39 is 0 Å². The van der Waals surface area contributed by atoms with Gasteiger partial charge in [0, 0.05) is 18.3 Å². The summed E-state index contributed by atoms with van der Waals surface area (Å²) in [4.78, 5) is 21.2. The van der Waals surface area contributed by atoms with Gasteiger partial charge in [-0.25, -0.2) is 4.98 Å². The minimum absolute atomic E-state index is 0.00628. The predicted molar refractivity (Wildman–Crippen MR) is 85.9 cm³/mol. The third-order valence-electron chi connectivity index (χ3n) is 4.36. The summed E-state index contributed by atoms with van der Waals surface area (Å²) in [6.07, 6.45) is 6.36. The van der Waals surface area contributed by atoms with Gasteiger partial charge in [0.05, 0.1) is 29.5 Å². The van der Waals surface area contributed by atoms with Gasteiger partial charge in [-0.1, -0.05) is 12.1 Å². The molecule has 6 nitrogen and oxygen atoms in total. The van der Waals surface area contributed by atoms with Crippen LogP contribution in [0.15, 0.2) is 36.7 Å². The molecule has 4 rings (SSSR count). The van der Waals surface area contributed by atoms with Gasteiger partial charge in [0.2, 0.25) is 0 Å². The Morgan fingerprint density at radius 1 is 1.26 bits per heavy atom. The zero-order chi connectivity index (χ0) is 15.8. The Hall–Kier alpha value is -2.76. The molecule has 0 bridgehead atoms. The number of para-hydroxylation sites is 2. The molecule has 0 unspecified atom stereocenters. The van der Waals surface area contributed by atoms with E-state index in [1.165, 1.54) is 11.9 Å². The Labute approximate surface area is 133 Å². The second-order valence-corrected chi connectivity index (χ2v) is 5.83. The number of carbonyl (C=O) groups excluding carboxylic acids is 1. The van der Waals surface area contributed by atoms with Crippen molar-refractivity contribution in [3.8, 4) is 0 Å². The van der Waals surface area contributed by atoms with Gasteiger partial charge in [-0.2, -0.15) is 5.10 Å². The fourth-order valence-electron chi connectivity index (χ4n) is 3.15. The van der Waals surface area contributed by atoms with E-state index in [0.717, 1.165) is 35.9 Å². The molecule has 0 saturated carbocycles. The molecule has 116 valence electrons. The molecule has 1 aliphatic rings. The van der Waals surface area contributed by atoms with Crippen molar-refractivity contribution in [1.29, 1.82) is 0 Å². The van der Waals surface area contributed by atoms with Gasteiger partial charge in [-0.3, -0.25) is 14.5 Å². The molecule has 1 aromatic carbocycles. The summed E-state index contributed by atoms with van der Waals surface area (Å²) in [6, 6.07) is 7.53. The molecule has 1 N–H and O–H groups in total. The number of fused-ring (bicyclic) bond motifs is 2. The van der Waals surface area contributed by atoms with Gasteiger partial charge in [-0.15, -0.1) is 0 Å². The first-order valence-electron chi connectivity index (χ1n) is 7.76. The molecular weight excluding hydrogens is 290 g/mol. The van der Waals surface area contributed by atoms with E-state index in [2.05, 4.69) is 20.4 Å². The first kappa shape index (κ1) is 13.9. The second-order valence-electron chi connectivity index (χ2n) is 5.83. The highest BCUT2D eigenvalue weighted by Gasteiger charge is 2.25. The van der Waals surface area contributed by atoms with Crippen molar-refractivity contribution < 1.29 is 4.79 Å². The van der Waals surface area contributed by atoms with Gasteiger partial charge in [0.15, 0.2) is 0 Å². The highest BCUT2D eigenvalue weighted by Crippen LogP contribution is 2.29. The van der Waals surface area contributed by atoms with Crippen LogP contribution in [0.5, 0.6) is 0 Å². The molecule has 0 spiro atoms. The molecule has 0 fully saturated rings. The highest BCUT2D eigenvalue weighted by molar-refractivity contribution is 5.94. The topological polar surface area (TPSA) is 72.7 Å². The van der Waals surface area contributed by atoms with Crippen LogP contribution in [-0.2, 0) is 13.5 Å². The van der Waals surface area contributed by atoms with Crippen LogP contribution in [0, 0.1) is 0 Å². The fraction of sp³-hybridized carbons (Fsp3) is 0.294.